The summed E-state index contributed by atoms with van der Waals surface area (Å²) >= 11 is 0. The van der Waals surface area contributed by atoms with E-state index in [4.69, 9.17) is 11.0 Å². The third-order valence-corrected chi connectivity index (χ3v) is 3.87. The smallest absolute Gasteiger partial charge is 0.252 e. The van der Waals surface area contributed by atoms with Crippen molar-refractivity contribution in [2.75, 3.05) is 5.32 Å². The van der Waals surface area contributed by atoms with Crippen LogP contribution < -0.4 is 11.1 Å². The van der Waals surface area contributed by atoms with Crippen molar-refractivity contribution in [2.45, 2.75) is 18.9 Å². The maximum Gasteiger partial charge on any atom is 0.252 e. The molecule has 0 saturated heterocycles. The van der Waals surface area contributed by atoms with Gasteiger partial charge < -0.3 is 11.1 Å². The van der Waals surface area contributed by atoms with E-state index in [1.807, 2.05) is 6.07 Å². The molecule has 1 aliphatic rings. The van der Waals surface area contributed by atoms with Gasteiger partial charge in [-0.1, -0.05) is 0 Å². The molecule has 0 radical (unpaired) electrons. The fraction of sp³-hybridized carbons (Fsp3) is 0.188. The number of fused-ring (bicyclic) bond motifs is 1. The van der Waals surface area contributed by atoms with Crippen LogP contribution in [0.5, 0.6) is 0 Å². The van der Waals surface area contributed by atoms with Crippen molar-refractivity contribution in [3.05, 3.63) is 42.0 Å². The Morgan fingerprint density at radius 2 is 2.17 bits per heavy atom. The van der Waals surface area contributed by atoms with E-state index in [-0.39, 0.29) is 0 Å². The zero-order chi connectivity index (χ0) is 16.7. The number of primary amides is 1. The largest absolute Gasteiger partial charge is 0.382 e. The van der Waals surface area contributed by atoms with Crippen molar-refractivity contribution in [3.8, 4) is 17.3 Å². The molecule has 0 spiro atoms. The summed E-state index contributed by atoms with van der Waals surface area (Å²) in [5, 5.41) is 16.5. The molecule has 8 nitrogen and oxygen atoms in total. The summed E-state index contributed by atoms with van der Waals surface area (Å²) in [5.41, 5.74) is 8.82. The number of hydrogen-bond acceptors (Lipinski definition) is 6. The van der Waals surface area contributed by atoms with Crippen LogP contribution in [0.15, 0.2) is 30.9 Å². The van der Waals surface area contributed by atoms with E-state index in [0.29, 0.717) is 39.8 Å². The average Bonchev–Trinajstić information content (AvgIpc) is 3.30. The van der Waals surface area contributed by atoms with Gasteiger partial charge >= 0.3 is 0 Å². The first-order valence-corrected chi connectivity index (χ1v) is 7.46. The van der Waals surface area contributed by atoms with Gasteiger partial charge in [-0.05, 0) is 18.9 Å². The molecule has 1 fully saturated rings. The molecule has 1 aliphatic carbocycles. The summed E-state index contributed by atoms with van der Waals surface area (Å²) in [4.78, 5) is 20.2. The minimum atomic E-state index is -0.520. The number of aromatic nitrogens is 4. The number of anilines is 1. The van der Waals surface area contributed by atoms with Crippen LogP contribution in [0.4, 0.5) is 5.69 Å². The molecule has 0 aromatic carbocycles. The number of nitrogens with one attached hydrogen (secondary N) is 1. The molecule has 118 valence electrons. The molecule has 3 aromatic heterocycles. The Morgan fingerprint density at radius 3 is 2.88 bits per heavy atom. The van der Waals surface area contributed by atoms with Crippen LogP contribution in [0.25, 0.3) is 16.9 Å². The zero-order valence-electron chi connectivity index (χ0n) is 12.6. The molecule has 0 unspecified atom stereocenters. The third-order valence-electron chi connectivity index (χ3n) is 3.87. The quantitative estimate of drug-likeness (QED) is 0.748. The normalized spacial score (nSPS) is 13.6. The van der Waals surface area contributed by atoms with Crippen molar-refractivity contribution in [3.63, 3.8) is 0 Å². The fourth-order valence-corrected chi connectivity index (χ4v) is 2.48. The van der Waals surface area contributed by atoms with Crippen molar-refractivity contribution in [1.29, 1.82) is 5.26 Å². The van der Waals surface area contributed by atoms with E-state index in [1.165, 1.54) is 16.9 Å². The molecule has 1 saturated carbocycles. The lowest BCUT2D eigenvalue weighted by Crippen LogP contribution is -2.15. The summed E-state index contributed by atoms with van der Waals surface area (Å²) in [5.74, 6) is -0.520. The van der Waals surface area contributed by atoms with Crippen LogP contribution in [0.3, 0.4) is 0 Å². The lowest BCUT2D eigenvalue weighted by molar-refractivity contribution is 0.100. The van der Waals surface area contributed by atoms with Crippen molar-refractivity contribution in [2.24, 2.45) is 5.73 Å². The maximum absolute atomic E-state index is 11.6. The lowest BCUT2D eigenvalue weighted by atomic mass is 10.1. The summed E-state index contributed by atoms with van der Waals surface area (Å²) in [7, 11) is 0. The number of pyridine rings is 1. The predicted molar refractivity (Wildman–Crippen MR) is 86.1 cm³/mol. The Balaban J connectivity index is 1.81. The molecule has 0 aliphatic heterocycles. The van der Waals surface area contributed by atoms with Gasteiger partial charge in [-0.3, -0.25) is 9.78 Å². The molecule has 3 heterocycles. The minimum absolute atomic E-state index is 0.363. The van der Waals surface area contributed by atoms with Gasteiger partial charge in [0.15, 0.2) is 5.65 Å². The van der Waals surface area contributed by atoms with Gasteiger partial charge in [-0.2, -0.15) is 10.4 Å². The third kappa shape index (κ3) is 2.42. The van der Waals surface area contributed by atoms with Gasteiger partial charge in [-0.25, -0.2) is 9.50 Å². The van der Waals surface area contributed by atoms with E-state index in [9.17, 15) is 4.79 Å². The van der Waals surface area contributed by atoms with Gasteiger partial charge in [0.2, 0.25) is 0 Å². The van der Waals surface area contributed by atoms with E-state index in [2.05, 4.69) is 20.4 Å². The molecule has 1 amide bonds. The second kappa shape index (κ2) is 5.31. The van der Waals surface area contributed by atoms with Crippen molar-refractivity contribution < 1.29 is 4.79 Å². The highest BCUT2D eigenvalue weighted by atomic mass is 16.1. The van der Waals surface area contributed by atoms with Gasteiger partial charge in [0.25, 0.3) is 5.91 Å². The Kier molecular flexibility index (Phi) is 3.13. The second-order valence-corrected chi connectivity index (χ2v) is 5.68. The molecule has 8 heteroatoms. The molecule has 0 bridgehead atoms. The number of carbonyl (C=O) groups excluding carboxylic acids is 1. The van der Waals surface area contributed by atoms with E-state index >= 15 is 0 Å². The average molecular weight is 319 g/mol. The number of rotatable bonds is 4. The van der Waals surface area contributed by atoms with Crippen LogP contribution in [-0.2, 0) is 0 Å². The Morgan fingerprint density at radius 1 is 1.33 bits per heavy atom. The van der Waals surface area contributed by atoms with Crippen molar-refractivity contribution >= 4 is 17.2 Å². The molecular weight excluding hydrogens is 306 g/mol. The second-order valence-electron chi connectivity index (χ2n) is 5.68. The van der Waals surface area contributed by atoms with E-state index in [0.717, 1.165) is 12.8 Å². The maximum atomic E-state index is 11.6. The summed E-state index contributed by atoms with van der Waals surface area (Å²) < 4.78 is 1.53. The Labute approximate surface area is 136 Å². The number of nitriles is 1. The summed E-state index contributed by atoms with van der Waals surface area (Å²) in [6.45, 7) is 0. The Hall–Kier alpha value is -3.47. The number of nitrogens with zero attached hydrogens (tertiary/aromatic N) is 5. The molecule has 0 atom stereocenters. The lowest BCUT2D eigenvalue weighted by Gasteiger charge is -2.10. The van der Waals surface area contributed by atoms with Crippen LogP contribution >= 0.6 is 0 Å². The molecule has 3 aromatic rings. The highest BCUT2D eigenvalue weighted by Crippen LogP contribution is 2.30. The minimum Gasteiger partial charge on any atom is -0.382 e. The van der Waals surface area contributed by atoms with Gasteiger partial charge in [0.05, 0.1) is 40.5 Å². The molecular formula is C16H13N7O. The standard InChI is InChI=1S/C16H13N7O/c17-4-9-5-20-16-12(7-21-23(16)8-9)13-3-14(22-10-1-2-10)11(6-19-13)15(18)24/h3,5-8,10H,1-2H2,(H2,18,24)(H,19,22). The van der Waals surface area contributed by atoms with Crippen LogP contribution in [0, 0.1) is 11.3 Å². The van der Waals surface area contributed by atoms with Gasteiger partial charge in [-0.15, -0.1) is 0 Å². The first-order valence-electron chi connectivity index (χ1n) is 7.46. The summed E-state index contributed by atoms with van der Waals surface area (Å²) in [6.07, 6.45) is 8.34. The first kappa shape index (κ1) is 14.1. The predicted octanol–water partition coefficient (Wildman–Crippen LogP) is 1.34. The highest BCUT2D eigenvalue weighted by molar-refractivity contribution is 5.99. The van der Waals surface area contributed by atoms with Gasteiger partial charge in [0, 0.05) is 18.4 Å². The molecule has 24 heavy (non-hydrogen) atoms. The number of carbonyl (C=O) groups is 1. The number of hydrogen-bond donors (Lipinski definition) is 2. The highest BCUT2D eigenvalue weighted by Gasteiger charge is 2.23. The topological polar surface area (TPSA) is 122 Å². The van der Waals surface area contributed by atoms with Gasteiger partial charge in [0.1, 0.15) is 6.07 Å². The van der Waals surface area contributed by atoms with Crippen LogP contribution in [0.2, 0.25) is 0 Å². The van der Waals surface area contributed by atoms with Crippen LogP contribution in [-0.4, -0.2) is 31.5 Å². The first-order chi connectivity index (χ1) is 11.7. The monoisotopic (exact) mass is 319 g/mol. The fourth-order valence-electron chi connectivity index (χ4n) is 2.48. The Bertz CT molecular complexity index is 997. The zero-order valence-corrected chi connectivity index (χ0v) is 12.6. The molecule has 4 rings (SSSR count). The number of amides is 1. The molecule has 3 N–H and O–H groups in total. The van der Waals surface area contributed by atoms with Crippen LogP contribution in [0.1, 0.15) is 28.8 Å². The summed E-state index contributed by atoms with van der Waals surface area (Å²) in [6, 6.07) is 4.19. The van der Waals surface area contributed by atoms with E-state index in [1.54, 1.807) is 18.5 Å². The van der Waals surface area contributed by atoms with E-state index < -0.39 is 5.91 Å². The SMILES string of the molecule is N#Cc1cnc2c(-c3cc(NC4CC4)c(C(N)=O)cn3)cnn2c1. The van der Waals surface area contributed by atoms with Crippen molar-refractivity contribution in [1.82, 2.24) is 19.6 Å². The number of nitrogens with two attached hydrogens (primary N) is 1.